The highest BCUT2D eigenvalue weighted by atomic mass is 32.2. The second kappa shape index (κ2) is 9.47. The number of hydrogen-bond acceptors (Lipinski definition) is 4. The van der Waals surface area contributed by atoms with Gasteiger partial charge in [-0.05, 0) is 20.2 Å². The normalized spacial score (nSPS) is 21.9. The van der Waals surface area contributed by atoms with Gasteiger partial charge in [0.05, 0.1) is 19.3 Å². The minimum Gasteiger partial charge on any atom is -0.374 e. The third kappa shape index (κ3) is 6.47. The number of rotatable bonds is 6. The number of ether oxygens (including phenoxy) is 1. The van der Waals surface area contributed by atoms with E-state index in [1.807, 2.05) is 11.8 Å². The first-order valence-electron chi connectivity index (χ1n) is 6.57. The highest BCUT2D eigenvalue weighted by Gasteiger charge is 2.17. The van der Waals surface area contributed by atoms with Gasteiger partial charge in [-0.1, -0.05) is 0 Å². The smallest absolute Gasteiger partial charge is 0.191 e. The summed E-state index contributed by atoms with van der Waals surface area (Å²) in [6.07, 6.45) is 2.33. The van der Waals surface area contributed by atoms with Gasteiger partial charge in [0.25, 0.3) is 0 Å². The lowest BCUT2D eigenvalue weighted by atomic mass is 10.3. The molecule has 0 radical (unpaired) electrons. The fraction of sp³-hybridized carbons (Fsp3) is 0.917. The van der Waals surface area contributed by atoms with E-state index in [0.29, 0.717) is 0 Å². The SMILES string of the molecule is CCNC(=NCC1CN(C)CCO1)NCCSC. The second-order valence-corrected chi connectivity index (χ2v) is 5.38. The lowest BCUT2D eigenvalue weighted by Crippen LogP contribution is -2.43. The molecule has 1 aliphatic heterocycles. The Hall–Kier alpha value is -0.460. The number of aliphatic imine (C=N–C) groups is 1. The lowest BCUT2D eigenvalue weighted by molar-refractivity contribution is -0.0136. The van der Waals surface area contributed by atoms with Crippen LogP contribution in [0, 0.1) is 0 Å². The van der Waals surface area contributed by atoms with Crippen molar-refractivity contribution in [1.29, 1.82) is 0 Å². The predicted octanol–water partition coefficient (Wildman–Crippen LogP) is 0.235. The molecular formula is C12H26N4OS. The largest absolute Gasteiger partial charge is 0.374 e. The van der Waals surface area contributed by atoms with E-state index < -0.39 is 0 Å². The average Bonchev–Trinajstić information content (AvgIpc) is 2.36. The van der Waals surface area contributed by atoms with Crippen LogP contribution in [0.1, 0.15) is 6.92 Å². The standard InChI is InChI=1S/C12H26N4OS/c1-4-13-12(14-5-8-18-3)15-9-11-10-16(2)6-7-17-11/h11H,4-10H2,1-3H3,(H2,13,14,15). The van der Waals surface area contributed by atoms with Crippen molar-refractivity contribution >= 4 is 17.7 Å². The highest BCUT2D eigenvalue weighted by molar-refractivity contribution is 7.98. The Kier molecular flexibility index (Phi) is 8.20. The Bertz CT molecular complexity index is 250. The summed E-state index contributed by atoms with van der Waals surface area (Å²) in [6, 6.07) is 0. The van der Waals surface area contributed by atoms with Crippen LogP contribution in [0.4, 0.5) is 0 Å². The second-order valence-electron chi connectivity index (χ2n) is 4.39. The molecule has 1 rings (SSSR count). The van der Waals surface area contributed by atoms with Crippen LogP contribution < -0.4 is 10.6 Å². The summed E-state index contributed by atoms with van der Waals surface area (Å²) in [4.78, 5) is 6.87. The van der Waals surface area contributed by atoms with Gasteiger partial charge in [0.15, 0.2) is 5.96 Å². The Balaban J connectivity index is 2.33. The van der Waals surface area contributed by atoms with Gasteiger partial charge in [-0.3, -0.25) is 4.99 Å². The van der Waals surface area contributed by atoms with Crippen LogP contribution in [0.2, 0.25) is 0 Å². The fourth-order valence-electron chi connectivity index (χ4n) is 1.78. The molecule has 0 spiro atoms. The first-order chi connectivity index (χ1) is 8.76. The van der Waals surface area contributed by atoms with E-state index >= 15 is 0 Å². The molecule has 1 aliphatic rings. The Morgan fingerprint density at radius 1 is 1.50 bits per heavy atom. The monoisotopic (exact) mass is 274 g/mol. The summed E-state index contributed by atoms with van der Waals surface area (Å²) in [5.74, 6) is 1.98. The first-order valence-corrected chi connectivity index (χ1v) is 7.97. The average molecular weight is 274 g/mol. The van der Waals surface area contributed by atoms with E-state index in [1.165, 1.54) is 0 Å². The minimum atomic E-state index is 0.222. The number of guanidine groups is 1. The number of morpholine rings is 1. The molecule has 1 saturated heterocycles. The van der Waals surface area contributed by atoms with Gasteiger partial charge in [-0.2, -0.15) is 11.8 Å². The summed E-state index contributed by atoms with van der Waals surface area (Å²) in [5.41, 5.74) is 0. The molecule has 0 aromatic carbocycles. The molecule has 6 heteroatoms. The van der Waals surface area contributed by atoms with E-state index in [1.54, 1.807) is 0 Å². The number of hydrogen-bond donors (Lipinski definition) is 2. The molecular weight excluding hydrogens is 248 g/mol. The van der Waals surface area contributed by atoms with Gasteiger partial charge in [0.1, 0.15) is 0 Å². The van der Waals surface area contributed by atoms with Crippen LogP contribution in [0.3, 0.4) is 0 Å². The molecule has 0 amide bonds. The van der Waals surface area contributed by atoms with Crippen LogP contribution >= 0.6 is 11.8 Å². The fourth-order valence-corrected chi connectivity index (χ4v) is 2.09. The van der Waals surface area contributed by atoms with E-state index in [0.717, 1.165) is 51.0 Å². The number of likely N-dealkylation sites (N-methyl/N-ethyl adjacent to an activating group) is 1. The van der Waals surface area contributed by atoms with Gasteiger partial charge in [-0.15, -0.1) is 0 Å². The molecule has 1 atom stereocenters. The molecule has 1 fully saturated rings. The molecule has 106 valence electrons. The van der Waals surface area contributed by atoms with Crippen molar-refractivity contribution in [1.82, 2.24) is 15.5 Å². The highest BCUT2D eigenvalue weighted by Crippen LogP contribution is 2.02. The summed E-state index contributed by atoms with van der Waals surface area (Å²) in [5, 5.41) is 6.57. The third-order valence-electron chi connectivity index (χ3n) is 2.74. The first kappa shape index (κ1) is 15.6. The molecule has 0 saturated carbocycles. The van der Waals surface area contributed by atoms with Crippen molar-refractivity contribution in [3.05, 3.63) is 0 Å². The summed E-state index contributed by atoms with van der Waals surface area (Å²) < 4.78 is 5.69. The molecule has 18 heavy (non-hydrogen) atoms. The van der Waals surface area contributed by atoms with Crippen LogP contribution in [0.5, 0.6) is 0 Å². The molecule has 1 heterocycles. The van der Waals surface area contributed by atoms with Crippen LogP contribution in [0.15, 0.2) is 4.99 Å². The van der Waals surface area contributed by atoms with Gasteiger partial charge in [0, 0.05) is 31.9 Å². The Morgan fingerprint density at radius 2 is 2.33 bits per heavy atom. The van der Waals surface area contributed by atoms with Crippen molar-refractivity contribution < 1.29 is 4.74 Å². The summed E-state index contributed by atoms with van der Waals surface area (Å²) >= 11 is 1.83. The Morgan fingerprint density at radius 3 is 3.00 bits per heavy atom. The zero-order valence-electron chi connectivity index (χ0n) is 11.7. The lowest BCUT2D eigenvalue weighted by Gasteiger charge is -2.29. The topological polar surface area (TPSA) is 48.9 Å². The zero-order chi connectivity index (χ0) is 13.2. The van der Waals surface area contributed by atoms with Gasteiger partial charge in [-0.25, -0.2) is 0 Å². The zero-order valence-corrected chi connectivity index (χ0v) is 12.6. The number of nitrogens with one attached hydrogen (secondary N) is 2. The summed E-state index contributed by atoms with van der Waals surface area (Å²) in [7, 11) is 2.13. The molecule has 0 bridgehead atoms. The van der Waals surface area contributed by atoms with E-state index in [4.69, 9.17) is 4.74 Å². The molecule has 0 aliphatic carbocycles. The van der Waals surface area contributed by atoms with Crippen LogP contribution in [-0.4, -0.2) is 75.4 Å². The molecule has 0 aromatic heterocycles. The van der Waals surface area contributed by atoms with Crippen molar-refractivity contribution in [3.63, 3.8) is 0 Å². The minimum absolute atomic E-state index is 0.222. The molecule has 1 unspecified atom stereocenters. The maximum Gasteiger partial charge on any atom is 0.191 e. The van der Waals surface area contributed by atoms with E-state index in [9.17, 15) is 0 Å². The van der Waals surface area contributed by atoms with Gasteiger partial charge < -0.3 is 20.3 Å². The van der Waals surface area contributed by atoms with Crippen molar-refractivity contribution in [2.45, 2.75) is 13.0 Å². The van der Waals surface area contributed by atoms with Crippen molar-refractivity contribution in [2.24, 2.45) is 4.99 Å². The van der Waals surface area contributed by atoms with Crippen LogP contribution in [-0.2, 0) is 4.74 Å². The number of thioether (sulfide) groups is 1. The van der Waals surface area contributed by atoms with E-state index in [-0.39, 0.29) is 6.10 Å². The van der Waals surface area contributed by atoms with Gasteiger partial charge in [0.2, 0.25) is 0 Å². The van der Waals surface area contributed by atoms with E-state index in [2.05, 4.69) is 40.8 Å². The maximum atomic E-state index is 5.69. The number of nitrogens with zero attached hydrogens (tertiary/aromatic N) is 2. The summed E-state index contributed by atoms with van der Waals surface area (Å²) in [6.45, 7) is 7.43. The van der Waals surface area contributed by atoms with Crippen LogP contribution in [0.25, 0.3) is 0 Å². The third-order valence-corrected chi connectivity index (χ3v) is 3.35. The van der Waals surface area contributed by atoms with Crippen molar-refractivity contribution in [2.75, 3.05) is 58.4 Å². The molecule has 0 aromatic rings. The van der Waals surface area contributed by atoms with Crippen molar-refractivity contribution in [3.8, 4) is 0 Å². The molecule has 5 nitrogen and oxygen atoms in total. The predicted molar refractivity (Wildman–Crippen MR) is 79.6 cm³/mol. The molecule has 2 N–H and O–H groups in total. The quantitative estimate of drug-likeness (QED) is 0.413. The maximum absolute atomic E-state index is 5.69. The Labute approximate surface area is 115 Å². The van der Waals surface area contributed by atoms with Gasteiger partial charge >= 0.3 is 0 Å².